The SMILES string of the molecule is CCNC(=NCc1ccsc1)NCCc1nc(C(C)(C)C)cs1. The van der Waals surface area contributed by atoms with Gasteiger partial charge in [0, 0.05) is 30.3 Å². The topological polar surface area (TPSA) is 49.3 Å². The van der Waals surface area contributed by atoms with Gasteiger partial charge in [-0.1, -0.05) is 20.8 Å². The minimum Gasteiger partial charge on any atom is -0.357 e. The van der Waals surface area contributed by atoms with Gasteiger partial charge in [0.05, 0.1) is 17.2 Å². The first-order chi connectivity index (χ1) is 11.0. The average Bonchev–Trinajstić information content (AvgIpc) is 3.15. The highest BCUT2D eigenvalue weighted by atomic mass is 32.1. The number of nitrogens with zero attached hydrogens (tertiary/aromatic N) is 2. The second-order valence-corrected chi connectivity index (χ2v) is 8.10. The number of hydrogen-bond acceptors (Lipinski definition) is 4. The van der Waals surface area contributed by atoms with Crippen LogP contribution in [0.4, 0.5) is 0 Å². The van der Waals surface area contributed by atoms with E-state index in [4.69, 9.17) is 4.98 Å². The third-order valence-electron chi connectivity index (χ3n) is 3.30. The Morgan fingerprint density at radius 1 is 1.26 bits per heavy atom. The lowest BCUT2D eigenvalue weighted by atomic mass is 9.93. The van der Waals surface area contributed by atoms with E-state index in [9.17, 15) is 0 Å². The summed E-state index contributed by atoms with van der Waals surface area (Å²) in [6.07, 6.45) is 0.920. The van der Waals surface area contributed by atoms with Gasteiger partial charge < -0.3 is 10.6 Å². The average molecular weight is 351 g/mol. The summed E-state index contributed by atoms with van der Waals surface area (Å²) in [7, 11) is 0. The third-order valence-corrected chi connectivity index (χ3v) is 4.94. The Hall–Kier alpha value is -1.40. The zero-order valence-electron chi connectivity index (χ0n) is 14.3. The summed E-state index contributed by atoms with van der Waals surface area (Å²) >= 11 is 3.45. The monoisotopic (exact) mass is 350 g/mol. The lowest BCUT2D eigenvalue weighted by molar-refractivity contribution is 0.570. The van der Waals surface area contributed by atoms with E-state index in [0.717, 1.165) is 25.5 Å². The molecule has 2 rings (SSSR count). The zero-order valence-corrected chi connectivity index (χ0v) is 16.0. The molecule has 2 heterocycles. The van der Waals surface area contributed by atoms with Crippen LogP contribution in [0.2, 0.25) is 0 Å². The number of aliphatic imine (C=N–C) groups is 1. The molecular formula is C17H26N4S2. The van der Waals surface area contributed by atoms with E-state index >= 15 is 0 Å². The fourth-order valence-corrected chi connectivity index (χ4v) is 3.64. The van der Waals surface area contributed by atoms with E-state index in [-0.39, 0.29) is 5.41 Å². The van der Waals surface area contributed by atoms with Crippen LogP contribution in [0.1, 0.15) is 44.0 Å². The summed E-state index contributed by atoms with van der Waals surface area (Å²) in [5, 5.41) is 14.2. The highest BCUT2D eigenvalue weighted by Crippen LogP contribution is 2.23. The van der Waals surface area contributed by atoms with Crippen LogP contribution in [0.25, 0.3) is 0 Å². The maximum atomic E-state index is 4.73. The smallest absolute Gasteiger partial charge is 0.191 e. The van der Waals surface area contributed by atoms with Gasteiger partial charge in [0.2, 0.25) is 0 Å². The minimum absolute atomic E-state index is 0.124. The van der Waals surface area contributed by atoms with Crippen LogP contribution < -0.4 is 10.6 Å². The van der Waals surface area contributed by atoms with Gasteiger partial charge in [-0.05, 0) is 29.3 Å². The van der Waals surface area contributed by atoms with Crippen molar-refractivity contribution in [2.24, 2.45) is 4.99 Å². The highest BCUT2D eigenvalue weighted by Gasteiger charge is 2.17. The van der Waals surface area contributed by atoms with Crippen molar-refractivity contribution in [2.45, 2.75) is 46.1 Å². The summed E-state index contributed by atoms with van der Waals surface area (Å²) < 4.78 is 0. The number of aromatic nitrogens is 1. The van der Waals surface area contributed by atoms with Crippen molar-refractivity contribution < 1.29 is 0 Å². The van der Waals surface area contributed by atoms with Crippen molar-refractivity contribution in [1.29, 1.82) is 0 Å². The lowest BCUT2D eigenvalue weighted by Gasteiger charge is -2.14. The molecule has 0 unspecified atom stereocenters. The number of hydrogen-bond donors (Lipinski definition) is 2. The Morgan fingerprint density at radius 3 is 2.70 bits per heavy atom. The Labute approximate surface area is 147 Å². The molecule has 0 aliphatic rings. The van der Waals surface area contributed by atoms with Gasteiger partial charge in [-0.2, -0.15) is 11.3 Å². The molecule has 0 saturated carbocycles. The number of nitrogens with one attached hydrogen (secondary N) is 2. The Balaban J connectivity index is 1.84. The van der Waals surface area contributed by atoms with E-state index in [1.54, 1.807) is 22.7 Å². The third kappa shape index (κ3) is 5.95. The molecule has 4 nitrogen and oxygen atoms in total. The van der Waals surface area contributed by atoms with Gasteiger partial charge in [-0.25, -0.2) is 9.98 Å². The minimum atomic E-state index is 0.124. The highest BCUT2D eigenvalue weighted by molar-refractivity contribution is 7.09. The number of thiazole rings is 1. The molecule has 0 bridgehead atoms. The predicted molar refractivity (Wildman–Crippen MR) is 102 cm³/mol. The Bertz CT molecular complexity index is 609. The van der Waals surface area contributed by atoms with Crippen LogP contribution in [-0.4, -0.2) is 24.0 Å². The van der Waals surface area contributed by atoms with Gasteiger partial charge in [-0.15, -0.1) is 11.3 Å². The van der Waals surface area contributed by atoms with Gasteiger partial charge in [0.1, 0.15) is 0 Å². The van der Waals surface area contributed by atoms with Crippen molar-refractivity contribution >= 4 is 28.6 Å². The van der Waals surface area contributed by atoms with Crippen LogP contribution in [0.3, 0.4) is 0 Å². The molecule has 6 heteroatoms. The van der Waals surface area contributed by atoms with E-state index in [1.165, 1.54) is 16.3 Å². The number of thiophene rings is 1. The van der Waals surface area contributed by atoms with Crippen LogP contribution in [0.15, 0.2) is 27.2 Å². The van der Waals surface area contributed by atoms with E-state index in [2.05, 4.69) is 65.5 Å². The molecular weight excluding hydrogens is 324 g/mol. The molecule has 0 fully saturated rings. The first kappa shape index (κ1) is 17.9. The fraction of sp³-hybridized carbons (Fsp3) is 0.529. The standard InChI is InChI=1S/C17H26N4S2/c1-5-18-16(20-10-13-7-9-22-11-13)19-8-6-15-21-14(12-23-15)17(2,3)4/h7,9,11-12H,5-6,8,10H2,1-4H3,(H2,18,19,20). The maximum absolute atomic E-state index is 4.73. The molecule has 0 aliphatic carbocycles. The number of rotatable bonds is 6. The first-order valence-electron chi connectivity index (χ1n) is 7.97. The molecule has 126 valence electrons. The first-order valence-corrected chi connectivity index (χ1v) is 9.79. The van der Waals surface area contributed by atoms with Crippen LogP contribution in [0.5, 0.6) is 0 Å². The van der Waals surface area contributed by atoms with Crippen molar-refractivity contribution in [3.8, 4) is 0 Å². The van der Waals surface area contributed by atoms with Crippen LogP contribution in [0, 0.1) is 0 Å². The van der Waals surface area contributed by atoms with Gasteiger partial charge in [0.15, 0.2) is 5.96 Å². The quantitative estimate of drug-likeness (QED) is 0.615. The largest absolute Gasteiger partial charge is 0.357 e. The summed E-state index contributed by atoms with van der Waals surface area (Å²) in [6, 6.07) is 2.11. The second-order valence-electron chi connectivity index (χ2n) is 6.38. The number of guanidine groups is 1. The lowest BCUT2D eigenvalue weighted by Crippen LogP contribution is -2.38. The molecule has 0 radical (unpaired) electrons. The molecule has 0 atom stereocenters. The Kier molecular flexibility index (Phi) is 6.59. The second kappa shape index (κ2) is 8.45. The summed E-state index contributed by atoms with van der Waals surface area (Å²) in [5.41, 5.74) is 2.55. The molecule has 0 spiro atoms. The summed E-state index contributed by atoms with van der Waals surface area (Å²) in [4.78, 5) is 9.35. The van der Waals surface area contributed by atoms with Gasteiger partial charge in [-0.3, -0.25) is 0 Å². The van der Waals surface area contributed by atoms with E-state index < -0.39 is 0 Å². The van der Waals surface area contributed by atoms with E-state index in [0.29, 0.717) is 6.54 Å². The fourth-order valence-electron chi connectivity index (χ4n) is 1.95. The van der Waals surface area contributed by atoms with Crippen molar-refractivity contribution in [2.75, 3.05) is 13.1 Å². The molecule has 23 heavy (non-hydrogen) atoms. The molecule has 2 aromatic rings. The molecule has 0 amide bonds. The van der Waals surface area contributed by atoms with Gasteiger partial charge >= 0.3 is 0 Å². The molecule has 2 aromatic heterocycles. The zero-order chi connectivity index (χ0) is 16.7. The molecule has 0 aliphatic heterocycles. The van der Waals surface area contributed by atoms with Gasteiger partial charge in [0.25, 0.3) is 0 Å². The summed E-state index contributed by atoms with van der Waals surface area (Å²) in [5.74, 6) is 0.867. The molecule has 2 N–H and O–H groups in total. The predicted octanol–water partition coefficient (Wildman–Crippen LogP) is 3.80. The Morgan fingerprint density at radius 2 is 2.09 bits per heavy atom. The summed E-state index contributed by atoms with van der Waals surface area (Å²) in [6.45, 7) is 11.1. The van der Waals surface area contributed by atoms with Crippen LogP contribution >= 0.6 is 22.7 Å². The molecule has 0 saturated heterocycles. The normalized spacial score (nSPS) is 12.4. The van der Waals surface area contributed by atoms with Crippen molar-refractivity contribution in [3.05, 3.63) is 38.5 Å². The maximum Gasteiger partial charge on any atom is 0.191 e. The van der Waals surface area contributed by atoms with Crippen LogP contribution in [-0.2, 0) is 18.4 Å². The van der Waals surface area contributed by atoms with E-state index in [1.807, 2.05) is 0 Å². The molecule has 0 aromatic carbocycles. The van der Waals surface area contributed by atoms with Crippen molar-refractivity contribution in [3.63, 3.8) is 0 Å². The van der Waals surface area contributed by atoms with Crippen molar-refractivity contribution in [1.82, 2.24) is 15.6 Å².